The number of methoxy groups -OCH3 is 1. The van der Waals surface area contributed by atoms with Crippen molar-refractivity contribution in [2.75, 3.05) is 39.8 Å². The molecule has 1 fully saturated rings. The monoisotopic (exact) mass is 299 g/mol. The Balaban J connectivity index is 2.21. The number of carbonyl (C=O) groups excluding carboxylic acids is 1. The minimum Gasteiger partial charge on any atom is -0.468 e. The van der Waals surface area contributed by atoms with E-state index in [1.807, 2.05) is 0 Å². The molecule has 0 aromatic carbocycles. The molecule has 0 aliphatic carbocycles. The van der Waals surface area contributed by atoms with Crippen LogP contribution in [0.2, 0.25) is 0 Å². The average molecular weight is 299 g/mol. The van der Waals surface area contributed by atoms with Crippen molar-refractivity contribution in [3.8, 4) is 0 Å². The number of carbonyl (C=O) groups is 1. The third-order valence-corrected chi connectivity index (χ3v) is 4.65. The average Bonchev–Trinajstić information content (AvgIpc) is 2.92. The van der Waals surface area contributed by atoms with Crippen LogP contribution < -0.4 is 5.73 Å². The molecule has 0 spiro atoms. The molecule has 1 aliphatic heterocycles. The minimum absolute atomic E-state index is 0.315. The number of nitrogens with zero attached hydrogens (tertiary/aromatic N) is 2. The van der Waals surface area contributed by atoms with Crippen molar-refractivity contribution in [1.29, 1.82) is 0 Å². The standard InChI is InChI=1S/C16H33N3O2/c1-5-19(6-2)14-9-12-18(13-14)11-8-7-10-16(3,17)15(20)21-4/h14H,5-13,17H2,1-4H3. The van der Waals surface area contributed by atoms with Gasteiger partial charge < -0.3 is 15.4 Å². The van der Waals surface area contributed by atoms with Crippen LogP contribution >= 0.6 is 0 Å². The highest BCUT2D eigenvalue weighted by molar-refractivity contribution is 5.79. The Morgan fingerprint density at radius 1 is 1.38 bits per heavy atom. The number of unbranched alkanes of at least 4 members (excludes halogenated alkanes) is 1. The Morgan fingerprint density at radius 2 is 2.05 bits per heavy atom. The lowest BCUT2D eigenvalue weighted by Gasteiger charge is -2.26. The van der Waals surface area contributed by atoms with Crippen LogP contribution in [0.1, 0.15) is 46.5 Å². The number of esters is 1. The number of hydrogen-bond acceptors (Lipinski definition) is 5. The zero-order chi connectivity index (χ0) is 15.9. The highest BCUT2D eigenvalue weighted by Gasteiger charge is 2.29. The van der Waals surface area contributed by atoms with E-state index in [0.29, 0.717) is 6.42 Å². The Bertz CT molecular complexity index is 317. The van der Waals surface area contributed by atoms with Crippen molar-refractivity contribution in [1.82, 2.24) is 9.80 Å². The molecule has 21 heavy (non-hydrogen) atoms. The van der Waals surface area contributed by atoms with E-state index in [1.165, 1.54) is 26.6 Å². The lowest BCUT2D eigenvalue weighted by molar-refractivity contribution is -0.146. The molecule has 0 aromatic heterocycles. The van der Waals surface area contributed by atoms with E-state index < -0.39 is 5.54 Å². The van der Waals surface area contributed by atoms with Gasteiger partial charge in [-0.15, -0.1) is 0 Å². The third-order valence-electron chi connectivity index (χ3n) is 4.65. The molecule has 1 heterocycles. The summed E-state index contributed by atoms with van der Waals surface area (Å²) in [5.41, 5.74) is 5.12. The molecule has 2 N–H and O–H groups in total. The summed E-state index contributed by atoms with van der Waals surface area (Å²) in [4.78, 5) is 16.6. The molecule has 2 unspecified atom stereocenters. The van der Waals surface area contributed by atoms with Crippen LogP contribution in [0.15, 0.2) is 0 Å². The Hall–Kier alpha value is -0.650. The molecule has 0 amide bonds. The molecule has 1 rings (SSSR count). The number of rotatable bonds is 9. The molecule has 0 aromatic rings. The van der Waals surface area contributed by atoms with Crippen LogP contribution in [-0.4, -0.2) is 67.2 Å². The first-order chi connectivity index (χ1) is 9.94. The van der Waals surface area contributed by atoms with Gasteiger partial charge in [-0.2, -0.15) is 0 Å². The highest BCUT2D eigenvalue weighted by Crippen LogP contribution is 2.17. The third kappa shape index (κ3) is 5.57. The maximum absolute atomic E-state index is 11.5. The summed E-state index contributed by atoms with van der Waals surface area (Å²) in [5, 5.41) is 0. The topological polar surface area (TPSA) is 58.8 Å². The van der Waals surface area contributed by atoms with Gasteiger partial charge >= 0.3 is 5.97 Å². The van der Waals surface area contributed by atoms with E-state index in [2.05, 4.69) is 23.6 Å². The number of hydrogen-bond donors (Lipinski definition) is 1. The van der Waals surface area contributed by atoms with E-state index >= 15 is 0 Å². The van der Waals surface area contributed by atoms with E-state index in [-0.39, 0.29) is 5.97 Å². The van der Waals surface area contributed by atoms with Crippen molar-refractivity contribution in [3.05, 3.63) is 0 Å². The first kappa shape index (κ1) is 18.4. The predicted octanol–water partition coefficient (Wildman–Crippen LogP) is 1.46. The minimum atomic E-state index is -0.844. The zero-order valence-corrected chi connectivity index (χ0v) is 14.2. The van der Waals surface area contributed by atoms with Crippen LogP contribution in [-0.2, 0) is 9.53 Å². The van der Waals surface area contributed by atoms with Gasteiger partial charge in [-0.3, -0.25) is 9.69 Å². The summed E-state index contributed by atoms with van der Waals surface area (Å²) < 4.78 is 4.73. The molecule has 5 heteroatoms. The van der Waals surface area contributed by atoms with Crippen molar-refractivity contribution in [2.45, 2.75) is 58.0 Å². The molecule has 5 nitrogen and oxygen atoms in total. The van der Waals surface area contributed by atoms with Crippen molar-refractivity contribution >= 4 is 5.97 Å². The largest absolute Gasteiger partial charge is 0.468 e. The lowest BCUT2D eigenvalue weighted by Crippen LogP contribution is -2.45. The summed E-state index contributed by atoms with van der Waals surface area (Å²) >= 11 is 0. The molecule has 0 radical (unpaired) electrons. The van der Waals surface area contributed by atoms with Crippen LogP contribution in [0.25, 0.3) is 0 Å². The van der Waals surface area contributed by atoms with Crippen LogP contribution in [0.5, 0.6) is 0 Å². The quantitative estimate of drug-likeness (QED) is 0.516. The first-order valence-corrected chi connectivity index (χ1v) is 8.28. The second kappa shape index (κ2) is 8.71. The Labute approximate surface area is 129 Å². The van der Waals surface area contributed by atoms with Crippen LogP contribution in [0, 0.1) is 0 Å². The highest BCUT2D eigenvalue weighted by atomic mass is 16.5. The number of nitrogens with two attached hydrogens (primary N) is 1. The van der Waals surface area contributed by atoms with Crippen LogP contribution in [0.3, 0.4) is 0 Å². The molecule has 2 atom stereocenters. The van der Waals surface area contributed by atoms with Gasteiger partial charge in [0.25, 0.3) is 0 Å². The van der Waals surface area contributed by atoms with E-state index in [0.717, 1.165) is 38.5 Å². The second-order valence-electron chi connectivity index (χ2n) is 6.33. The molecular weight excluding hydrogens is 266 g/mol. The smallest absolute Gasteiger partial charge is 0.325 e. The van der Waals surface area contributed by atoms with E-state index in [9.17, 15) is 4.79 Å². The number of ether oxygens (including phenoxy) is 1. The van der Waals surface area contributed by atoms with Gasteiger partial charge in [0, 0.05) is 12.6 Å². The van der Waals surface area contributed by atoms with E-state index in [1.54, 1.807) is 6.92 Å². The van der Waals surface area contributed by atoms with Gasteiger partial charge in [-0.05, 0) is 58.8 Å². The molecule has 124 valence electrons. The Morgan fingerprint density at radius 3 is 2.62 bits per heavy atom. The maximum Gasteiger partial charge on any atom is 0.325 e. The molecule has 1 aliphatic rings. The molecule has 0 bridgehead atoms. The van der Waals surface area contributed by atoms with Crippen LogP contribution in [0.4, 0.5) is 0 Å². The fourth-order valence-corrected chi connectivity index (χ4v) is 3.22. The van der Waals surface area contributed by atoms with Crippen molar-refractivity contribution < 1.29 is 9.53 Å². The summed E-state index contributed by atoms with van der Waals surface area (Å²) in [6.45, 7) is 12.0. The van der Waals surface area contributed by atoms with Gasteiger partial charge in [0.15, 0.2) is 0 Å². The van der Waals surface area contributed by atoms with Gasteiger partial charge in [-0.25, -0.2) is 0 Å². The maximum atomic E-state index is 11.5. The van der Waals surface area contributed by atoms with Gasteiger partial charge in [-0.1, -0.05) is 13.8 Å². The fraction of sp³-hybridized carbons (Fsp3) is 0.938. The summed E-state index contributed by atoms with van der Waals surface area (Å²) in [7, 11) is 1.39. The van der Waals surface area contributed by atoms with Gasteiger partial charge in [0.2, 0.25) is 0 Å². The normalized spacial score (nSPS) is 22.5. The van der Waals surface area contributed by atoms with Gasteiger partial charge in [0.05, 0.1) is 7.11 Å². The van der Waals surface area contributed by atoms with Gasteiger partial charge in [0.1, 0.15) is 5.54 Å². The summed E-state index contributed by atoms with van der Waals surface area (Å²) in [6, 6.07) is 0.717. The van der Waals surface area contributed by atoms with Crippen molar-refractivity contribution in [2.24, 2.45) is 5.73 Å². The molecule has 1 saturated heterocycles. The SMILES string of the molecule is CCN(CC)C1CCN(CCCCC(C)(N)C(=O)OC)C1. The molecule has 0 saturated carbocycles. The summed E-state index contributed by atoms with van der Waals surface area (Å²) in [6.07, 6.45) is 4.02. The molecular formula is C16H33N3O2. The second-order valence-corrected chi connectivity index (χ2v) is 6.33. The number of likely N-dealkylation sites (N-methyl/N-ethyl adjacent to an activating group) is 1. The first-order valence-electron chi connectivity index (χ1n) is 8.28. The van der Waals surface area contributed by atoms with Crippen molar-refractivity contribution in [3.63, 3.8) is 0 Å². The number of likely N-dealkylation sites (tertiary alicyclic amines) is 1. The Kier molecular flexibility index (Phi) is 7.63. The lowest BCUT2D eigenvalue weighted by atomic mass is 9.96. The predicted molar refractivity (Wildman–Crippen MR) is 86.2 cm³/mol. The summed E-state index contributed by atoms with van der Waals surface area (Å²) in [5.74, 6) is -0.315. The zero-order valence-electron chi connectivity index (χ0n) is 14.2. The fourth-order valence-electron chi connectivity index (χ4n) is 3.22. The van der Waals surface area contributed by atoms with E-state index in [4.69, 9.17) is 10.5 Å².